The molecule has 0 aliphatic rings. The average Bonchev–Trinajstić information content (AvgIpc) is 2.33. The number of nitrogens with one attached hydrogen (secondary N) is 2. The molecule has 0 atom stereocenters. The number of carbonyl (C=O) groups is 1. The highest BCUT2D eigenvalue weighted by atomic mass is 16.1. The van der Waals surface area contributed by atoms with Crippen LogP contribution in [0.2, 0.25) is 0 Å². The minimum absolute atomic E-state index is 0.0147. The molecule has 4 nitrogen and oxygen atoms in total. The lowest BCUT2D eigenvalue weighted by molar-refractivity contribution is -0.116. The van der Waals surface area contributed by atoms with Crippen LogP contribution in [0.1, 0.15) is 32.6 Å². The second-order valence-corrected chi connectivity index (χ2v) is 4.74. The largest absolute Gasteiger partial charge is 0.351 e. The summed E-state index contributed by atoms with van der Waals surface area (Å²) in [5.74, 6) is 0.0147. The summed E-state index contributed by atoms with van der Waals surface area (Å²) in [5.41, 5.74) is 0. The van der Waals surface area contributed by atoms with Crippen molar-refractivity contribution in [3.8, 4) is 0 Å². The number of unbranched alkanes of at least 4 members (excludes halogenated alkanes) is 3. The molecule has 0 aliphatic heterocycles. The fraction of sp³-hybridized carbons (Fsp3) is 0.786. The van der Waals surface area contributed by atoms with Gasteiger partial charge in [0.25, 0.3) is 0 Å². The SMILES string of the molecule is CCCCC/C=C/C(=O)NCCNCCN(C)C. The second-order valence-electron chi connectivity index (χ2n) is 4.74. The van der Waals surface area contributed by atoms with E-state index < -0.39 is 0 Å². The number of nitrogens with zero attached hydrogens (tertiary/aromatic N) is 1. The van der Waals surface area contributed by atoms with Crippen LogP contribution in [0.4, 0.5) is 0 Å². The van der Waals surface area contributed by atoms with Gasteiger partial charge < -0.3 is 15.5 Å². The van der Waals surface area contributed by atoms with Crippen molar-refractivity contribution in [1.29, 1.82) is 0 Å². The van der Waals surface area contributed by atoms with Crippen molar-refractivity contribution >= 4 is 5.91 Å². The van der Waals surface area contributed by atoms with Crippen molar-refractivity contribution in [1.82, 2.24) is 15.5 Å². The minimum atomic E-state index is 0.0147. The highest BCUT2D eigenvalue weighted by Crippen LogP contribution is 1.98. The number of likely N-dealkylation sites (N-methyl/N-ethyl adjacent to an activating group) is 1. The van der Waals surface area contributed by atoms with Gasteiger partial charge in [0.1, 0.15) is 0 Å². The third-order valence-corrected chi connectivity index (χ3v) is 2.58. The molecule has 0 aliphatic carbocycles. The topological polar surface area (TPSA) is 44.4 Å². The summed E-state index contributed by atoms with van der Waals surface area (Å²) in [6.07, 6.45) is 8.25. The Labute approximate surface area is 112 Å². The van der Waals surface area contributed by atoms with E-state index in [0.29, 0.717) is 6.54 Å². The van der Waals surface area contributed by atoms with Crippen LogP contribution in [-0.4, -0.2) is 51.1 Å². The summed E-state index contributed by atoms with van der Waals surface area (Å²) in [5, 5.41) is 6.14. The maximum atomic E-state index is 11.4. The van der Waals surface area contributed by atoms with E-state index in [-0.39, 0.29) is 5.91 Å². The molecular weight excluding hydrogens is 226 g/mol. The van der Waals surface area contributed by atoms with Crippen LogP contribution in [0.3, 0.4) is 0 Å². The highest BCUT2D eigenvalue weighted by Gasteiger charge is 1.94. The lowest BCUT2D eigenvalue weighted by Crippen LogP contribution is -2.34. The zero-order valence-corrected chi connectivity index (χ0v) is 12.2. The summed E-state index contributed by atoms with van der Waals surface area (Å²) in [6, 6.07) is 0. The summed E-state index contributed by atoms with van der Waals surface area (Å²) in [4.78, 5) is 13.5. The number of hydrogen-bond donors (Lipinski definition) is 2. The van der Waals surface area contributed by atoms with Crippen molar-refractivity contribution in [2.24, 2.45) is 0 Å². The van der Waals surface area contributed by atoms with Crippen LogP contribution in [-0.2, 0) is 4.79 Å². The van der Waals surface area contributed by atoms with Crippen molar-refractivity contribution in [2.75, 3.05) is 40.3 Å². The molecule has 0 bridgehead atoms. The van der Waals surface area contributed by atoms with Gasteiger partial charge in [-0.2, -0.15) is 0 Å². The second kappa shape index (κ2) is 12.6. The van der Waals surface area contributed by atoms with Crippen molar-refractivity contribution in [3.63, 3.8) is 0 Å². The molecule has 0 heterocycles. The van der Waals surface area contributed by atoms with E-state index in [1.807, 2.05) is 20.2 Å². The van der Waals surface area contributed by atoms with Crippen LogP contribution < -0.4 is 10.6 Å². The van der Waals surface area contributed by atoms with Gasteiger partial charge >= 0.3 is 0 Å². The third-order valence-electron chi connectivity index (χ3n) is 2.58. The van der Waals surface area contributed by atoms with E-state index in [0.717, 1.165) is 26.1 Å². The molecule has 0 fully saturated rings. The molecule has 0 rings (SSSR count). The van der Waals surface area contributed by atoms with Crippen LogP contribution in [0.15, 0.2) is 12.2 Å². The van der Waals surface area contributed by atoms with E-state index in [2.05, 4.69) is 22.5 Å². The van der Waals surface area contributed by atoms with Gasteiger partial charge in [0.2, 0.25) is 5.91 Å². The number of rotatable bonds is 11. The molecule has 1 amide bonds. The average molecular weight is 255 g/mol. The van der Waals surface area contributed by atoms with Crippen molar-refractivity contribution in [3.05, 3.63) is 12.2 Å². The summed E-state index contributed by atoms with van der Waals surface area (Å²) in [7, 11) is 4.10. The molecule has 18 heavy (non-hydrogen) atoms. The van der Waals surface area contributed by atoms with Crippen LogP contribution in [0.5, 0.6) is 0 Å². The molecular formula is C14H29N3O. The van der Waals surface area contributed by atoms with Crippen molar-refractivity contribution in [2.45, 2.75) is 32.6 Å². The number of amides is 1. The Hall–Kier alpha value is -0.870. The first kappa shape index (κ1) is 17.1. The fourth-order valence-electron chi connectivity index (χ4n) is 1.46. The quantitative estimate of drug-likeness (QED) is 0.433. The van der Waals surface area contributed by atoms with E-state index >= 15 is 0 Å². The molecule has 0 aromatic heterocycles. The fourth-order valence-corrected chi connectivity index (χ4v) is 1.46. The molecule has 0 aromatic carbocycles. The first-order valence-electron chi connectivity index (χ1n) is 6.96. The molecule has 0 aromatic rings. The summed E-state index contributed by atoms with van der Waals surface area (Å²) >= 11 is 0. The predicted molar refractivity (Wildman–Crippen MR) is 77.7 cm³/mol. The maximum absolute atomic E-state index is 11.4. The van der Waals surface area contributed by atoms with E-state index in [9.17, 15) is 4.79 Å². The standard InChI is InChI=1S/C14H29N3O/c1-4-5-6-7-8-9-14(18)16-11-10-15-12-13-17(2)3/h8-9,15H,4-7,10-13H2,1-3H3,(H,16,18)/b9-8+. The normalized spacial score (nSPS) is 11.3. The molecule has 0 saturated carbocycles. The van der Waals surface area contributed by atoms with Crippen LogP contribution in [0, 0.1) is 0 Å². The first-order valence-corrected chi connectivity index (χ1v) is 6.96. The molecule has 2 N–H and O–H groups in total. The molecule has 0 radical (unpaired) electrons. The van der Waals surface area contributed by atoms with Gasteiger partial charge in [0.15, 0.2) is 0 Å². The Bertz CT molecular complexity index is 227. The Balaban J connectivity index is 3.31. The van der Waals surface area contributed by atoms with E-state index in [1.165, 1.54) is 19.3 Å². The Morgan fingerprint density at radius 3 is 2.61 bits per heavy atom. The molecule has 106 valence electrons. The smallest absolute Gasteiger partial charge is 0.243 e. The van der Waals surface area contributed by atoms with Gasteiger partial charge in [-0.05, 0) is 33.0 Å². The molecule has 0 unspecified atom stereocenters. The summed E-state index contributed by atoms with van der Waals surface area (Å²) < 4.78 is 0. The monoisotopic (exact) mass is 255 g/mol. The van der Waals surface area contributed by atoms with Gasteiger partial charge in [-0.25, -0.2) is 0 Å². The highest BCUT2D eigenvalue weighted by molar-refractivity contribution is 5.87. The van der Waals surface area contributed by atoms with E-state index in [4.69, 9.17) is 0 Å². The molecule has 0 spiro atoms. The Morgan fingerprint density at radius 2 is 1.94 bits per heavy atom. The molecule has 4 heteroatoms. The zero-order valence-electron chi connectivity index (χ0n) is 12.2. The number of hydrogen-bond acceptors (Lipinski definition) is 3. The minimum Gasteiger partial charge on any atom is -0.351 e. The van der Waals surface area contributed by atoms with E-state index in [1.54, 1.807) is 6.08 Å². The lowest BCUT2D eigenvalue weighted by Gasteiger charge is -2.10. The Morgan fingerprint density at radius 1 is 1.17 bits per heavy atom. The van der Waals surface area contributed by atoms with Crippen molar-refractivity contribution < 1.29 is 4.79 Å². The third kappa shape index (κ3) is 13.2. The first-order chi connectivity index (χ1) is 8.66. The van der Waals surface area contributed by atoms with Gasteiger partial charge in [-0.3, -0.25) is 4.79 Å². The Kier molecular flexibility index (Phi) is 12.0. The number of carbonyl (C=O) groups excluding carboxylic acids is 1. The van der Waals surface area contributed by atoms with Crippen LogP contribution >= 0.6 is 0 Å². The molecule has 0 saturated heterocycles. The number of allylic oxidation sites excluding steroid dienone is 1. The van der Waals surface area contributed by atoms with Crippen LogP contribution in [0.25, 0.3) is 0 Å². The zero-order chi connectivity index (χ0) is 13.6. The predicted octanol–water partition coefficient (Wildman–Crippen LogP) is 1.39. The van der Waals surface area contributed by atoms with Gasteiger partial charge in [-0.15, -0.1) is 0 Å². The van der Waals surface area contributed by atoms with Gasteiger partial charge in [0, 0.05) is 26.2 Å². The lowest BCUT2D eigenvalue weighted by atomic mass is 10.2. The maximum Gasteiger partial charge on any atom is 0.243 e. The summed E-state index contributed by atoms with van der Waals surface area (Å²) in [6.45, 7) is 5.66. The van der Waals surface area contributed by atoms with Gasteiger partial charge in [-0.1, -0.05) is 25.8 Å². The van der Waals surface area contributed by atoms with Gasteiger partial charge in [0.05, 0.1) is 0 Å².